The van der Waals surface area contributed by atoms with Crippen molar-refractivity contribution in [3.8, 4) is 0 Å². The Kier molecular flexibility index (Phi) is 2.96. The van der Waals surface area contributed by atoms with Gasteiger partial charge < -0.3 is 4.79 Å². The van der Waals surface area contributed by atoms with E-state index in [4.69, 9.17) is 4.79 Å². The summed E-state index contributed by atoms with van der Waals surface area (Å²) in [5, 5.41) is 1.20. The molecule has 0 saturated heterocycles. The normalized spacial score (nSPS) is 8.67. The van der Waals surface area contributed by atoms with Crippen LogP contribution in [-0.4, -0.2) is 11.8 Å². The van der Waals surface area contributed by atoms with E-state index in [1.807, 2.05) is 37.3 Å². The van der Waals surface area contributed by atoms with E-state index in [2.05, 4.69) is 17.1 Å². The summed E-state index contributed by atoms with van der Waals surface area (Å²) in [7, 11) is 0. The monoisotopic (exact) mass is 159 g/mol. The summed E-state index contributed by atoms with van der Waals surface area (Å²) in [4.78, 5) is 12.2. The largest absolute Gasteiger partial charge is 0.307 e. The van der Waals surface area contributed by atoms with E-state index in [0.29, 0.717) is 0 Å². The van der Waals surface area contributed by atoms with Crippen LogP contribution in [-0.2, 0) is 4.79 Å². The summed E-state index contributed by atoms with van der Waals surface area (Å²) >= 11 is 0. The Balaban J connectivity index is 0.000000336. The Morgan fingerprint density at radius 3 is 2.42 bits per heavy atom. The molecule has 1 heterocycles. The Hall–Kier alpha value is -1.70. The van der Waals surface area contributed by atoms with Gasteiger partial charge in [-0.25, -0.2) is 0 Å². The minimum Gasteiger partial charge on any atom is -0.307 e. The zero-order chi connectivity index (χ0) is 8.81. The van der Waals surface area contributed by atoms with Crippen molar-refractivity contribution < 1.29 is 4.79 Å². The number of carbonyl (C=O) groups is 1. The first-order chi connectivity index (χ1) is 5.97. The fourth-order valence-corrected chi connectivity index (χ4v) is 1.02. The van der Waals surface area contributed by atoms with Crippen LogP contribution in [0.1, 0.15) is 0 Å². The number of para-hydroxylation sites is 1. The average molecular weight is 159 g/mol. The predicted molar refractivity (Wildman–Crippen MR) is 48.9 cm³/mol. The number of hydrogen-bond acceptors (Lipinski definition) is 2. The van der Waals surface area contributed by atoms with Gasteiger partial charge in [0.15, 0.2) is 0 Å². The number of benzene rings is 1. The van der Waals surface area contributed by atoms with Gasteiger partial charge in [0, 0.05) is 11.6 Å². The lowest BCUT2D eigenvalue weighted by molar-refractivity contribution is -0.0979. The highest BCUT2D eigenvalue weighted by Crippen LogP contribution is 2.07. The van der Waals surface area contributed by atoms with Gasteiger partial charge in [-0.15, -0.1) is 0 Å². The van der Waals surface area contributed by atoms with E-state index >= 15 is 0 Å². The number of carbonyl (C=O) groups excluding carboxylic acids is 1. The Labute approximate surface area is 70.9 Å². The van der Waals surface area contributed by atoms with Crippen molar-refractivity contribution in [3.63, 3.8) is 0 Å². The zero-order valence-electron chi connectivity index (χ0n) is 6.60. The predicted octanol–water partition coefficient (Wildman–Crippen LogP) is 2.05. The standard InChI is InChI=1S/C9H7N.CH2O/c1-2-6-9-8(4-1)5-3-7-10-9;1-2/h1-7H;1H2. The second kappa shape index (κ2) is 4.23. The Morgan fingerprint density at radius 1 is 1.00 bits per heavy atom. The smallest absolute Gasteiger partial charge is 0.106 e. The lowest BCUT2D eigenvalue weighted by Gasteiger charge is -1.91. The van der Waals surface area contributed by atoms with Crippen LogP contribution < -0.4 is 0 Å². The first kappa shape index (κ1) is 8.40. The van der Waals surface area contributed by atoms with E-state index < -0.39 is 0 Å². The molecular weight excluding hydrogens is 150 g/mol. The molecule has 0 bridgehead atoms. The third kappa shape index (κ3) is 1.66. The third-order valence-electron chi connectivity index (χ3n) is 1.51. The van der Waals surface area contributed by atoms with Crippen molar-refractivity contribution in [1.82, 2.24) is 4.98 Å². The maximum atomic E-state index is 8.00. The molecule has 1 aromatic heterocycles. The molecule has 0 unspecified atom stereocenters. The van der Waals surface area contributed by atoms with Crippen LogP contribution in [0.2, 0.25) is 0 Å². The highest BCUT2D eigenvalue weighted by Gasteiger charge is 1.86. The van der Waals surface area contributed by atoms with Gasteiger partial charge in [0.25, 0.3) is 0 Å². The maximum absolute atomic E-state index is 8.00. The topological polar surface area (TPSA) is 30.0 Å². The summed E-state index contributed by atoms with van der Waals surface area (Å²) in [6.45, 7) is 2.00. The molecule has 0 atom stereocenters. The van der Waals surface area contributed by atoms with Crippen molar-refractivity contribution in [3.05, 3.63) is 42.6 Å². The van der Waals surface area contributed by atoms with Crippen molar-refractivity contribution >= 4 is 17.7 Å². The van der Waals surface area contributed by atoms with Crippen LogP contribution >= 0.6 is 0 Å². The highest BCUT2D eigenvalue weighted by molar-refractivity contribution is 5.77. The fourth-order valence-electron chi connectivity index (χ4n) is 1.02. The highest BCUT2D eigenvalue weighted by atomic mass is 16.1. The van der Waals surface area contributed by atoms with E-state index in [1.165, 1.54) is 5.39 Å². The molecule has 60 valence electrons. The molecule has 0 amide bonds. The van der Waals surface area contributed by atoms with E-state index in [-0.39, 0.29) is 0 Å². The fraction of sp³-hybridized carbons (Fsp3) is 0. The van der Waals surface area contributed by atoms with E-state index in [0.717, 1.165) is 5.52 Å². The number of hydrogen-bond donors (Lipinski definition) is 0. The van der Waals surface area contributed by atoms with Gasteiger partial charge >= 0.3 is 0 Å². The first-order valence-electron chi connectivity index (χ1n) is 3.55. The zero-order valence-corrected chi connectivity index (χ0v) is 6.60. The number of fused-ring (bicyclic) bond motifs is 1. The molecule has 2 rings (SSSR count). The summed E-state index contributed by atoms with van der Waals surface area (Å²) in [6, 6.07) is 12.1. The molecule has 1 aromatic carbocycles. The van der Waals surface area contributed by atoms with Crippen molar-refractivity contribution in [2.45, 2.75) is 0 Å². The molecule has 12 heavy (non-hydrogen) atoms. The SMILES string of the molecule is C=O.c1ccc2ncccc2c1. The second-order valence-electron chi connectivity index (χ2n) is 2.20. The van der Waals surface area contributed by atoms with Crippen LogP contribution in [0.3, 0.4) is 0 Å². The third-order valence-corrected chi connectivity index (χ3v) is 1.51. The Bertz CT molecular complexity index is 294. The molecule has 0 N–H and O–H groups in total. The molecule has 0 spiro atoms. The van der Waals surface area contributed by atoms with Crippen LogP contribution in [0.15, 0.2) is 42.6 Å². The molecule has 0 fully saturated rings. The van der Waals surface area contributed by atoms with Gasteiger partial charge in [0.1, 0.15) is 6.79 Å². The summed E-state index contributed by atoms with van der Waals surface area (Å²) in [6.07, 6.45) is 1.81. The number of aromatic nitrogens is 1. The molecule has 0 aliphatic heterocycles. The molecule has 2 nitrogen and oxygen atoms in total. The van der Waals surface area contributed by atoms with Gasteiger partial charge in [-0.1, -0.05) is 24.3 Å². The van der Waals surface area contributed by atoms with Crippen LogP contribution in [0.25, 0.3) is 10.9 Å². The molecule has 0 saturated carbocycles. The van der Waals surface area contributed by atoms with Crippen molar-refractivity contribution in [2.24, 2.45) is 0 Å². The molecular formula is C10H9NO. The molecule has 0 radical (unpaired) electrons. The van der Waals surface area contributed by atoms with Crippen molar-refractivity contribution in [2.75, 3.05) is 0 Å². The van der Waals surface area contributed by atoms with Crippen molar-refractivity contribution in [1.29, 1.82) is 0 Å². The lowest BCUT2D eigenvalue weighted by Crippen LogP contribution is -1.73. The minimum atomic E-state index is 1.06. The summed E-state index contributed by atoms with van der Waals surface area (Å²) in [5.41, 5.74) is 1.06. The van der Waals surface area contributed by atoms with Crippen LogP contribution in [0, 0.1) is 0 Å². The van der Waals surface area contributed by atoms with Gasteiger partial charge in [-0.05, 0) is 12.1 Å². The van der Waals surface area contributed by atoms with Gasteiger partial charge in [0.2, 0.25) is 0 Å². The second-order valence-corrected chi connectivity index (χ2v) is 2.20. The molecule has 2 heteroatoms. The van der Waals surface area contributed by atoms with Gasteiger partial charge in [-0.3, -0.25) is 4.98 Å². The maximum Gasteiger partial charge on any atom is 0.106 e. The van der Waals surface area contributed by atoms with E-state index in [9.17, 15) is 0 Å². The molecule has 0 aliphatic carbocycles. The van der Waals surface area contributed by atoms with Crippen LogP contribution in [0.4, 0.5) is 0 Å². The van der Waals surface area contributed by atoms with Gasteiger partial charge in [0.05, 0.1) is 5.52 Å². The van der Waals surface area contributed by atoms with E-state index in [1.54, 1.807) is 0 Å². The Morgan fingerprint density at radius 2 is 1.67 bits per heavy atom. The number of rotatable bonds is 0. The molecule has 0 aliphatic rings. The number of pyridine rings is 1. The van der Waals surface area contributed by atoms with Crippen LogP contribution in [0.5, 0.6) is 0 Å². The summed E-state index contributed by atoms with van der Waals surface area (Å²) < 4.78 is 0. The summed E-state index contributed by atoms with van der Waals surface area (Å²) in [5.74, 6) is 0. The lowest BCUT2D eigenvalue weighted by atomic mass is 10.2. The molecule has 2 aromatic rings. The average Bonchev–Trinajstić information content (AvgIpc) is 2.21. The first-order valence-corrected chi connectivity index (χ1v) is 3.55. The quantitative estimate of drug-likeness (QED) is 0.588. The minimum absolute atomic E-state index is 1.06. The van der Waals surface area contributed by atoms with Gasteiger partial charge in [-0.2, -0.15) is 0 Å². The number of nitrogens with zero attached hydrogens (tertiary/aromatic N) is 1.